The normalized spacial score (nSPS) is 13.1. The summed E-state index contributed by atoms with van der Waals surface area (Å²) in [4.78, 5) is 0. The maximum Gasteiger partial charge on any atom is 0.121 e. The SMILES string of the molecule is C=C(/C=C(C)\C(=C/CC)c1ccc(Nc2cccc(OCCCCCc3ccc4c(c3)CC4)c2)cc1)c1ccc(C(C)(CC)CC)cc1. The number of hydrogen-bond donors (Lipinski definition) is 1. The highest BCUT2D eigenvalue weighted by atomic mass is 16.5. The van der Waals surface area contributed by atoms with E-state index in [1.165, 1.54) is 65.5 Å². The Balaban J connectivity index is 1.13. The fourth-order valence-corrected chi connectivity index (χ4v) is 6.64. The fraction of sp³-hybridized carbons (Fsp3) is 0.348. The number of benzene rings is 4. The maximum atomic E-state index is 6.12. The van der Waals surface area contributed by atoms with Gasteiger partial charge in [-0.2, -0.15) is 0 Å². The highest BCUT2D eigenvalue weighted by molar-refractivity contribution is 5.84. The van der Waals surface area contributed by atoms with Gasteiger partial charge < -0.3 is 10.1 Å². The van der Waals surface area contributed by atoms with Crippen LogP contribution in [0.1, 0.15) is 107 Å². The number of aryl methyl sites for hydroxylation is 3. The van der Waals surface area contributed by atoms with Crippen LogP contribution in [-0.2, 0) is 24.7 Å². The number of anilines is 2. The Morgan fingerprint density at radius 3 is 2.19 bits per heavy atom. The van der Waals surface area contributed by atoms with Gasteiger partial charge in [0.05, 0.1) is 6.61 Å². The number of ether oxygens (including phenoxy) is 1. The second kappa shape index (κ2) is 16.7. The molecule has 1 aliphatic rings. The minimum Gasteiger partial charge on any atom is -0.494 e. The van der Waals surface area contributed by atoms with Crippen molar-refractivity contribution in [2.24, 2.45) is 0 Å². The molecule has 250 valence electrons. The predicted octanol–water partition coefficient (Wildman–Crippen LogP) is 12.9. The first-order valence-corrected chi connectivity index (χ1v) is 18.2. The van der Waals surface area contributed by atoms with Crippen LogP contribution in [0.5, 0.6) is 5.75 Å². The molecular formula is C46H55NO. The predicted molar refractivity (Wildman–Crippen MR) is 209 cm³/mol. The fourth-order valence-electron chi connectivity index (χ4n) is 6.64. The van der Waals surface area contributed by atoms with E-state index >= 15 is 0 Å². The summed E-state index contributed by atoms with van der Waals surface area (Å²) in [5.74, 6) is 0.910. The topological polar surface area (TPSA) is 21.3 Å². The summed E-state index contributed by atoms with van der Waals surface area (Å²) in [5.41, 5.74) is 14.2. The summed E-state index contributed by atoms with van der Waals surface area (Å²) in [6, 6.07) is 33.1. The lowest BCUT2D eigenvalue weighted by atomic mass is 9.77. The molecule has 0 fully saturated rings. The van der Waals surface area contributed by atoms with Crippen LogP contribution in [0.3, 0.4) is 0 Å². The molecule has 4 aromatic rings. The van der Waals surface area contributed by atoms with E-state index in [1.54, 1.807) is 11.1 Å². The second-order valence-electron chi connectivity index (χ2n) is 13.7. The highest BCUT2D eigenvalue weighted by Gasteiger charge is 2.22. The Morgan fingerprint density at radius 2 is 1.52 bits per heavy atom. The quantitative estimate of drug-likeness (QED) is 0.0919. The van der Waals surface area contributed by atoms with Crippen LogP contribution >= 0.6 is 0 Å². The van der Waals surface area contributed by atoms with Gasteiger partial charge in [-0.1, -0.05) is 107 Å². The molecule has 0 aromatic heterocycles. The average Bonchev–Trinajstić information content (AvgIpc) is 3.10. The monoisotopic (exact) mass is 637 g/mol. The number of hydrogen-bond acceptors (Lipinski definition) is 2. The summed E-state index contributed by atoms with van der Waals surface area (Å²) in [6.45, 7) is 16.5. The Hall–Kier alpha value is -4.30. The Bertz CT molecular complexity index is 1720. The maximum absolute atomic E-state index is 6.12. The van der Waals surface area contributed by atoms with E-state index in [-0.39, 0.29) is 5.41 Å². The van der Waals surface area contributed by atoms with Gasteiger partial charge in [-0.3, -0.25) is 0 Å². The first-order valence-electron chi connectivity index (χ1n) is 18.2. The van der Waals surface area contributed by atoms with Crippen LogP contribution in [0, 0.1) is 0 Å². The number of allylic oxidation sites excluding steroid dienone is 5. The molecule has 0 aliphatic heterocycles. The van der Waals surface area contributed by atoms with Gasteiger partial charge in [0.1, 0.15) is 5.75 Å². The molecule has 0 heterocycles. The van der Waals surface area contributed by atoms with Gasteiger partial charge in [-0.05, 0) is 144 Å². The van der Waals surface area contributed by atoms with Crippen LogP contribution in [0.25, 0.3) is 11.1 Å². The molecule has 5 rings (SSSR count). The third-order valence-corrected chi connectivity index (χ3v) is 10.4. The molecular weight excluding hydrogens is 583 g/mol. The zero-order chi connectivity index (χ0) is 33.9. The summed E-state index contributed by atoms with van der Waals surface area (Å²) in [7, 11) is 0. The van der Waals surface area contributed by atoms with Crippen molar-refractivity contribution in [3.8, 4) is 5.75 Å². The minimum atomic E-state index is 0.226. The number of fused-ring (bicyclic) bond motifs is 1. The van der Waals surface area contributed by atoms with Crippen molar-refractivity contribution in [3.63, 3.8) is 0 Å². The highest BCUT2D eigenvalue weighted by Crippen LogP contribution is 2.33. The molecule has 0 radical (unpaired) electrons. The van der Waals surface area contributed by atoms with Crippen molar-refractivity contribution in [2.45, 2.75) is 97.8 Å². The lowest BCUT2D eigenvalue weighted by Gasteiger charge is -2.27. The van der Waals surface area contributed by atoms with Crippen molar-refractivity contribution in [1.29, 1.82) is 0 Å². The van der Waals surface area contributed by atoms with Crippen molar-refractivity contribution in [1.82, 2.24) is 0 Å². The molecule has 1 N–H and O–H groups in total. The summed E-state index contributed by atoms with van der Waals surface area (Å²) in [6.07, 6.45) is 14.9. The van der Waals surface area contributed by atoms with Gasteiger partial charge >= 0.3 is 0 Å². The molecule has 0 saturated carbocycles. The summed E-state index contributed by atoms with van der Waals surface area (Å²) < 4.78 is 6.12. The van der Waals surface area contributed by atoms with E-state index in [0.29, 0.717) is 0 Å². The number of nitrogens with one attached hydrogen (secondary N) is 1. The van der Waals surface area contributed by atoms with E-state index in [1.807, 2.05) is 6.07 Å². The number of rotatable bonds is 17. The van der Waals surface area contributed by atoms with Crippen LogP contribution in [-0.4, -0.2) is 6.61 Å². The van der Waals surface area contributed by atoms with E-state index in [2.05, 4.69) is 144 Å². The third-order valence-electron chi connectivity index (χ3n) is 10.4. The van der Waals surface area contributed by atoms with Crippen molar-refractivity contribution >= 4 is 22.5 Å². The second-order valence-corrected chi connectivity index (χ2v) is 13.7. The molecule has 48 heavy (non-hydrogen) atoms. The Labute approximate surface area is 290 Å². The smallest absolute Gasteiger partial charge is 0.121 e. The standard InChI is InChI=1S/C46H55NO/c1-7-14-45(35(5)31-34(4)37-22-26-41(27-23-37)46(6,8-2)9-3)39-24-28-42(29-25-39)47-43-16-13-17-44(33-43)48-30-12-10-11-15-36-18-19-38-20-21-40(38)32-36/h13-14,16-19,22-29,31-33,47H,4,7-12,15,20-21,30H2,1-3,5-6H3/b35-31-,45-14+. The molecule has 0 bridgehead atoms. The van der Waals surface area contributed by atoms with Gasteiger partial charge in [-0.25, -0.2) is 0 Å². The molecule has 1 aliphatic carbocycles. The molecule has 0 atom stereocenters. The van der Waals surface area contributed by atoms with E-state index in [4.69, 9.17) is 4.74 Å². The van der Waals surface area contributed by atoms with Crippen molar-refractivity contribution in [2.75, 3.05) is 11.9 Å². The summed E-state index contributed by atoms with van der Waals surface area (Å²) in [5, 5.41) is 3.56. The minimum absolute atomic E-state index is 0.226. The van der Waals surface area contributed by atoms with E-state index < -0.39 is 0 Å². The molecule has 0 amide bonds. The first kappa shape index (κ1) is 35.0. The zero-order valence-corrected chi connectivity index (χ0v) is 30.0. The molecule has 0 unspecified atom stereocenters. The van der Waals surface area contributed by atoms with Crippen LogP contribution in [0.15, 0.2) is 115 Å². The van der Waals surface area contributed by atoms with E-state index in [0.717, 1.165) is 55.0 Å². The van der Waals surface area contributed by atoms with Gasteiger partial charge in [0.25, 0.3) is 0 Å². The summed E-state index contributed by atoms with van der Waals surface area (Å²) >= 11 is 0. The molecule has 2 nitrogen and oxygen atoms in total. The lowest BCUT2D eigenvalue weighted by Crippen LogP contribution is -2.19. The lowest BCUT2D eigenvalue weighted by molar-refractivity contribution is 0.305. The molecule has 4 aromatic carbocycles. The molecule has 2 heteroatoms. The molecule has 0 spiro atoms. The van der Waals surface area contributed by atoms with Crippen molar-refractivity contribution in [3.05, 3.63) is 149 Å². The first-order chi connectivity index (χ1) is 23.3. The zero-order valence-electron chi connectivity index (χ0n) is 30.0. The average molecular weight is 638 g/mol. The molecule has 0 saturated heterocycles. The van der Waals surface area contributed by atoms with Gasteiger partial charge in [-0.15, -0.1) is 0 Å². The Morgan fingerprint density at radius 1 is 0.792 bits per heavy atom. The van der Waals surface area contributed by atoms with Crippen LogP contribution in [0.4, 0.5) is 11.4 Å². The Kier molecular flexibility index (Phi) is 12.2. The van der Waals surface area contributed by atoms with Crippen molar-refractivity contribution < 1.29 is 4.74 Å². The third kappa shape index (κ3) is 8.98. The van der Waals surface area contributed by atoms with Crippen LogP contribution in [0.2, 0.25) is 0 Å². The largest absolute Gasteiger partial charge is 0.494 e. The van der Waals surface area contributed by atoms with Gasteiger partial charge in [0, 0.05) is 17.4 Å². The van der Waals surface area contributed by atoms with Crippen LogP contribution < -0.4 is 10.1 Å². The van der Waals surface area contributed by atoms with Gasteiger partial charge in [0.15, 0.2) is 0 Å². The van der Waals surface area contributed by atoms with Gasteiger partial charge in [0.2, 0.25) is 0 Å². The van der Waals surface area contributed by atoms with E-state index in [9.17, 15) is 0 Å². The number of unbranched alkanes of at least 4 members (excludes halogenated alkanes) is 2.